The Hall–Kier alpha value is 0.180. The molecule has 0 aliphatic heterocycles. The van der Waals surface area contributed by atoms with Crippen LogP contribution in [0.2, 0.25) is 0 Å². The molecular weight excluding hydrogens is 204 g/mol. The van der Waals surface area contributed by atoms with E-state index in [1.807, 2.05) is 6.08 Å². The molecule has 2 atom stereocenters. The standard InChI is InChI=1S/C9H15BrO/c1-3-7-11-9(2)6-4-5-8(9)10/h3,8H,1,4-7H2,2H3. The minimum Gasteiger partial charge on any atom is -0.370 e. The average molecular weight is 219 g/mol. The van der Waals surface area contributed by atoms with E-state index in [-0.39, 0.29) is 5.60 Å². The lowest BCUT2D eigenvalue weighted by atomic mass is 10.1. The first-order valence-electron chi connectivity index (χ1n) is 4.08. The van der Waals surface area contributed by atoms with Gasteiger partial charge in [-0.15, -0.1) is 6.58 Å². The summed E-state index contributed by atoms with van der Waals surface area (Å²) in [6, 6.07) is 0. The Morgan fingerprint density at radius 1 is 1.82 bits per heavy atom. The monoisotopic (exact) mass is 218 g/mol. The van der Waals surface area contributed by atoms with Crippen molar-refractivity contribution in [2.45, 2.75) is 36.6 Å². The van der Waals surface area contributed by atoms with Crippen LogP contribution in [0, 0.1) is 0 Å². The molecule has 0 heterocycles. The number of hydrogen-bond donors (Lipinski definition) is 0. The molecule has 1 aliphatic rings. The molecular formula is C9H15BrO. The first-order valence-corrected chi connectivity index (χ1v) is 4.99. The molecule has 11 heavy (non-hydrogen) atoms. The topological polar surface area (TPSA) is 9.23 Å². The van der Waals surface area contributed by atoms with E-state index in [1.54, 1.807) is 0 Å². The van der Waals surface area contributed by atoms with Crippen LogP contribution in [0.15, 0.2) is 12.7 Å². The number of alkyl halides is 1. The van der Waals surface area contributed by atoms with Crippen molar-refractivity contribution < 1.29 is 4.74 Å². The van der Waals surface area contributed by atoms with Gasteiger partial charge < -0.3 is 4.74 Å². The fourth-order valence-electron chi connectivity index (χ4n) is 1.51. The Morgan fingerprint density at radius 2 is 2.55 bits per heavy atom. The summed E-state index contributed by atoms with van der Waals surface area (Å²) < 4.78 is 5.69. The van der Waals surface area contributed by atoms with Crippen molar-refractivity contribution in [1.29, 1.82) is 0 Å². The van der Waals surface area contributed by atoms with Gasteiger partial charge in [0, 0.05) is 4.83 Å². The van der Waals surface area contributed by atoms with Crippen LogP contribution in [-0.4, -0.2) is 17.0 Å². The first-order chi connectivity index (χ1) is 5.19. The Labute approximate surface area is 76.9 Å². The van der Waals surface area contributed by atoms with Gasteiger partial charge in [-0.2, -0.15) is 0 Å². The molecule has 0 saturated heterocycles. The maximum absolute atomic E-state index is 5.69. The van der Waals surface area contributed by atoms with Crippen LogP contribution in [0.4, 0.5) is 0 Å². The molecule has 1 aliphatic carbocycles. The van der Waals surface area contributed by atoms with E-state index in [9.17, 15) is 0 Å². The van der Waals surface area contributed by atoms with Crippen LogP contribution < -0.4 is 0 Å². The highest BCUT2D eigenvalue weighted by Gasteiger charge is 2.37. The van der Waals surface area contributed by atoms with Gasteiger partial charge in [0.2, 0.25) is 0 Å². The molecule has 0 radical (unpaired) electrons. The highest BCUT2D eigenvalue weighted by atomic mass is 79.9. The van der Waals surface area contributed by atoms with Crippen LogP contribution in [0.25, 0.3) is 0 Å². The maximum atomic E-state index is 5.69. The van der Waals surface area contributed by atoms with E-state index >= 15 is 0 Å². The zero-order chi connectivity index (χ0) is 8.32. The number of rotatable bonds is 3. The Morgan fingerprint density at radius 3 is 3.00 bits per heavy atom. The van der Waals surface area contributed by atoms with Gasteiger partial charge in [0.15, 0.2) is 0 Å². The second-order valence-corrected chi connectivity index (χ2v) is 4.38. The van der Waals surface area contributed by atoms with Crippen LogP contribution >= 0.6 is 15.9 Å². The van der Waals surface area contributed by atoms with Crippen LogP contribution in [0.3, 0.4) is 0 Å². The lowest BCUT2D eigenvalue weighted by molar-refractivity contribution is -0.00454. The molecule has 2 heteroatoms. The fourth-order valence-corrected chi connectivity index (χ4v) is 2.19. The van der Waals surface area contributed by atoms with Crippen molar-refractivity contribution in [2.24, 2.45) is 0 Å². The average Bonchev–Trinajstić information content (AvgIpc) is 2.30. The fraction of sp³-hybridized carbons (Fsp3) is 0.778. The summed E-state index contributed by atoms with van der Waals surface area (Å²) in [7, 11) is 0. The molecule has 64 valence electrons. The van der Waals surface area contributed by atoms with Crippen molar-refractivity contribution in [3.05, 3.63) is 12.7 Å². The largest absolute Gasteiger partial charge is 0.370 e. The number of halogens is 1. The van der Waals surface area contributed by atoms with Gasteiger partial charge in [-0.05, 0) is 26.2 Å². The quantitative estimate of drug-likeness (QED) is 0.523. The maximum Gasteiger partial charge on any atom is 0.0783 e. The van der Waals surface area contributed by atoms with Gasteiger partial charge in [0.1, 0.15) is 0 Å². The van der Waals surface area contributed by atoms with Crippen LogP contribution in [0.5, 0.6) is 0 Å². The first kappa shape index (κ1) is 9.27. The molecule has 1 saturated carbocycles. The number of ether oxygens (including phenoxy) is 1. The van der Waals surface area contributed by atoms with Gasteiger partial charge >= 0.3 is 0 Å². The van der Waals surface area contributed by atoms with Crippen molar-refractivity contribution in [3.8, 4) is 0 Å². The van der Waals surface area contributed by atoms with E-state index < -0.39 is 0 Å². The molecule has 0 aromatic heterocycles. The third-order valence-electron chi connectivity index (χ3n) is 2.32. The summed E-state index contributed by atoms with van der Waals surface area (Å²) in [5, 5.41) is 0. The molecule has 0 spiro atoms. The summed E-state index contributed by atoms with van der Waals surface area (Å²) in [6.07, 6.45) is 5.47. The summed E-state index contributed by atoms with van der Waals surface area (Å²) >= 11 is 3.63. The highest BCUT2D eigenvalue weighted by molar-refractivity contribution is 9.09. The zero-order valence-corrected chi connectivity index (χ0v) is 8.56. The molecule has 1 fully saturated rings. The molecule has 0 N–H and O–H groups in total. The molecule has 2 unspecified atom stereocenters. The molecule has 1 nitrogen and oxygen atoms in total. The molecule has 1 rings (SSSR count). The SMILES string of the molecule is C=CCOC1(C)CCCC1Br. The van der Waals surface area contributed by atoms with E-state index in [0.29, 0.717) is 11.4 Å². The molecule has 0 aromatic carbocycles. The summed E-state index contributed by atoms with van der Waals surface area (Å²) in [6.45, 7) is 6.47. The smallest absolute Gasteiger partial charge is 0.0783 e. The normalized spacial score (nSPS) is 37.5. The van der Waals surface area contributed by atoms with Crippen molar-refractivity contribution in [3.63, 3.8) is 0 Å². The van der Waals surface area contributed by atoms with Gasteiger partial charge in [0.25, 0.3) is 0 Å². The third kappa shape index (κ3) is 2.06. The van der Waals surface area contributed by atoms with Gasteiger partial charge in [-0.1, -0.05) is 22.0 Å². The van der Waals surface area contributed by atoms with Gasteiger partial charge in [-0.3, -0.25) is 0 Å². The van der Waals surface area contributed by atoms with Gasteiger partial charge in [-0.25, -0.2) is 0 Å². The van der Waals surface area contributed by atoms with Crippen LogP contribution in [0.1, 0.15) is 26.2 Å². The Bertz CT molecular complexity index is 146. The van der Waals surface area contributed by atoms with Crippen molar-refractivity contribution in [1.82, 2.24) is 0 Å². The zero-order valence-electron chi connectivity index (χ0n) is 6.98. The lowest BCUT2D eigenvalue weighted by Gasteiger charge is -2.27. The lowest BCUT2D eigenvalue weighted by Crippen LogP contribution is -2.33. The third-order valence-corrected chi connectivity index (χ3v) is 3.75. The summed E-state index contributed by atoms with van der Waals surface area (Å²) in [5.41, 5.74) is 0.0498. The predicted molar refractivity (Wildman–Crippen MR) is 51.1 cm³/mol. The van der Waals surface area contributed by atoms with Crippen molar-refractivity contribution in [2.75, 3.05) is 6.61 Å². The summed E-state index contributed by atoms with van der Waals surface area (Å²) in [4.78, 5) is 0.523. The second kappa shape index (κ2) is 3.72. The Balaban J connectivity index is 2.43. The minimum absolute atomic E-state index is 0.0498. The van der Waals surface area contributed by atoms with E-state index in [2.05, 4.69) is 29.4 Å². The predicted octanol–water partition coefficient (Wildman–Crippen LogP) is 2.90. The second-order valence-electron chi connectivity index (χ2n) is 3.27. The van der Waals surface area contributed by atoms with Gasteiger partial charge in [0.05, 0.1) is 12.2 Å². The van der Waals surface area contributed by atoms with E-state index in [0.717, 1.165) is 6.42 Å². The van der Waals surface area contributed by atoms with Crippen molar-refractivity contribution >= 4 is 15.9 Å². The Kier molecular flexibility index (Phi) is 3.14. The molecule has 0 aromatic rings. The van der Waals surface area contributed by atoms with E-state index in [1.165, 1.54) is 12.8 Å². The van der Waals surface area contributed by atoms with E-state index in [4.69, 9.17) is 4.74 Å². The van der Waals surface area contributed by atoms with Crippen LogP contribution in [-0.2, 0) is 4.74 Å². The summed E-state index contributed by atoms with van der Waals surface area (Å²) in [5.74, 6) is 0. The molecule has 0 amide bonds. The molecule has 0 bridgehead atoms. The minimum atomic E-state index is 0.0498. The number of hydrogen-bond acceptors (Lipinski definition) is 1. The highest BCUT2D eigenvalue weighted by Crippen LogP contribution is 2.37.